The maximum Gasteiger partial charge on any atom is 0.294 e. The van der Waals surface area contributed by atoms with E-state index in [-0.39, 0.29) is 10.6 Å². The minimum absolute atomic E-state index is 0.0527. The summed E-state index contributed by atoms with van der Waals surface area (Å²) in [5.74, 6) is -1.25. The van der Waals surface area contributed by atoms with Crippen molar-refractivity contribution in [3.8, 4) is 0 Å². The van der Waals surface area contributed by atoms with Crippen LogP contribution in [0, 0.1) is 10.1 Å². The van der Waals surface area contributed by atoms with E-state index in [1.54, 1.807) is 48.5 Å². The van der Waals surface area contributed by atoms with Gasteiger partial charge in [0.2, 0.25) is 5.91 Å². The number of benzene rings is 3. The molecule has 4 rings (SSSR count). The van der Waals surface area contributed by atoms with Crippen LogP contribution in [0.25, 0.3) is 6.08 Å². The lowest BCUT2D eigenvalue weighted by molar-refractivity contribution is -0.387. The number of halogens is 3. The van der Waals surface area contributed by atoms with E-state index in [9.17, 15) is 24.5 Å². The predicted octanol–water partition coefficient (Wildman–Crippen LogP) is 7.49. The SMILES string of the molecule is O=C(CN1C(=O)S/C(=C\c2ccc(Sc3ccc(Cl)cc3)c([N+](=O)[O-])c2)C1=O)Nc1ccc(Br)c(Cl)c1. The van der Waals surface area contributed by atoms with Crippen molar-refractivity contribution < 1.29 is 19.3 Å². The molecule has 0 unspecified atom stereocenters. The second kappa shape index (κ2) is 11.7. The molecule has 0 radical (unpaired) electrons. The molecule has 3 aromatic carbocycles. The maximum atomic E-state index is 12.8. The molecule has 0 aromatic heterocycles. The van der Waals surface area contributed by atoms with E-state index in [1.807, 2.05) is 0 Å². The lowest BCUT2D eigenvalue weighted by Crippen LogP contribution is -2.36. The maximum absolute atomic E-state index is 12.8. The van der Waals surface area contributed by atoms with Crippen LogP contribution in [0.3, 0.4) is 0 Å². The second-order valence-corrected chi connectivity index (χ2v) is 11.3. The quantitative estimate of drug-likeness (QED) is 0.162. The van der Waals surface area contributed by atoms with Gasteiger partial charge in [0.05, 0.1) is 19.7 Å². The first-order valence-corrected chi connectivity index (χ1v) is 13.5. The Kier molecular flexibility index (Phi) is 8.60. The van der Waals surface area contributed by atoms with Gasteiger partial charge in [-0.15, -0.1) is 0 Å². The second-order valence-electron chi connectivity index (χ2n) is 7.49. The van der Waals surface area contributed by atoms with Crippen LogP contribution in [-0.4, -0.2) is 33.4 Å². The molecule has 13 heteroatoms. The Morgan fingerprint density at radius 1 is 1.11 bits per heavy atom. The van der Waals surface area contributed by atoms with Crippen molar-refractivity contribution >= 4 is 97.2 Å². The summed E-state index contributed by atoms with van der Waals surface area (Å²) in [5, 5.41) is 14.6. The zero-order valence-corrected chi connectivity index (χ0v) is 23.2. The number of anilines is 1. The number of carbonyl (C=O) groups is 3. The standard InChI is InChI=1S/C24H14BrCl2N3O5S2/c25-17-7-4-15(11-18(17)27)28-22(31)12-29-23(32)21(37-24(29)33)10-13-1-8-20(19(9-13)30(34)35)36-16-5-2-14(26)3-6-16/h1-11H,12H2,(H,28,31)/b21-10-. The zero-order chi connectivity index (χ0) is 26.7. The molecule has 1 saturated heterocycles. The summed E-state index contributed by atoms with van der Waals surface area (Å²) >= 11 is 17.0. The Morgan fingerprint density at radius 3 is 2.51 bits per heavy atom. The Hall–Kier alpha value is -2.83. The summed E-state index contributed by atoms with van der Waals surface area (Å²) in [5.41, 5.74) is 0.622. The van der Waals surface area contributed by atoms with Crippen molar-refractivity contribution in [2.24, 2.45) is 0 Å². The minimum atomic E-state index is -0.666. The molecule has 1 heterocycles. The molecule has 0 aliphatic carbocycles. The van der Waals surface area contributed by atoms with Crippen LogP contribution in [0.2, 0.25) is 10.0 Å². The molecule has 3 aromatic rings. The molecule has 0 spiro atoms. The van der Waals surface area contributed by atoms with Gasteiger partial charge in [0.1, 0.15) is 6.54 Å². The predicted molar refractivity (Wildman–Crippen MR) is 149 cm³/mol. The van der Waals surface area contributed by atoms with Gasteiger partial charge in [0, 0.05) is 26.1 Å². The molecular weight excluding hydrogens is 625 g/mol. The van der Waals surface area contributed by atoms with Gasteiger partial charge in [-0.25, -0.2) is 0 Å². The number of nitro benzene ring substituents is 1. The van der Waals surface area contributed by atoms with E-state index >= 15 is 0 Å². The average molecular weight is 639 g/mol. The largest absolute Gasteiger partial charge is 0.324 e. The Labute approximate surface area is 237 Å². The first-order valence-electron chi connectivity index (χ1n) is 10.3. The number of hydrogen-bond donors (Lipinski definition) is 1. The van der Waals surface area contributed by atoms with Crippen molar-refractivity contribution in [1.82, 2.24) is 4.90 Å². The summed E-state index contributed by atoms with van der Waals surface area (Å²) in [6.07, 6.45) is 1.39. The van der Waals surface area contributed by atoms with Crippen molar-refractivity contribution in [3.05, 3.63) is 95.8 Å². The summed E-state index contributed by atoms with van der Waals surface area (Å²) in [7, 11) is 0. The van der Waals surface area contributed by atoms with Crippen molar-refractivity contribution in [3.63, 3.8) is 0 Å². The van der Waals surface area contributed by atoms with E-state index in [4.69, 9.17) is 23.2 Å². The number of nitrogens with zero attached hydrogens (tertiary/aromatic N) is 2. The van der Waals surface area contributed by atoms with Gasteiger partial charge in [0.15, 0.2) is 0 Å². The van der Waals surface area contributed by atoms with Crippen molar-refractivity contribution in [2.75, 3.05) is 11.9 Å². The minimum Gasteiger partial charge on any atom is -0.324 e. The first-order chi connectivity index (χ1) is 17.6. The van der Waals surface area contributed by atoms with Crippen LogP contribution in [0.1, 0.15) is 5.56 Å². The van der Waals surface area contributed by atoms with E-state index in [0.29, 0.717) is 42.4 Å². The smallest absolute Gasteiger partial charge is 0.294 e. The van der Waals surface area contributed by atoms with Gasteiger partial charge < -0.3 is 5.32 Å². The van der Waals surface area contributed by atoms with Gasteiger partial charge in [-0.05, 0) is 87.9 Å². The fraction of sp³-hybridized carbons (Fsp3) is 0.0417. The van der Waals surface area contributed by atoms with Crippen LogP contribution >= 0.6 is 62.7 Å². The third-order valence-corrected chi connectivity index (χ3v) is 8.36. The summed E-state index contributed by atoms with van der Waals surface area (Å²) in [4.78, 5) is 50.9. The van der Waals surface area contributed by atoms with Crippen LogP contribution in [0.5, 0.6) is 0 Å². The molecule has 1 aliphatic heterocycles. The number of nitro groups is 1. The van der Waals surface area contributed by atoms with Gasteiger partial charge in [-0.3, -0.25) is 29.4 Å². The van der Waals surface area contributed by atoms with E-state index in [0.717, 1.165) is 9.80 Å². The highest BCUT2D eigenvalue weighted by atomic mass is 79.9. The molecule has 0 atom stereocenters. The zero-order valence-electron chi connectivity index (χ0n) is 18.4. The van der Waals surface area contributed by atoms with E-state index in [2.05, 4.69) is 21.2 Å². The number of amides is 3. The highest BCUT2D eigenvalue weighted by Gasteiger charge is 2.36. The number of carbonyl (C=O) groups excluding carboxylic acids is 3. The lowest BCUT2D eigenvalue weighted by atomic mass is 10.2. The Morgan fingerprint density at radius 2 is 1.84 bits per heavy atom. The summed E-state index contributed by atoms with van der Waals surface area (Å²) < 4.78 is 0.653. The molecule has 8 nitrogen and oxygen atoms in total. The van der Waals surface area contributed by atoms with Gasteiger partial charge in [-0.2, -0.15) is 0 Å². The molecule has 188 valence electrons. The first kappa shape index (κ1) is 27.2. The van der Waals surface area contributed by atoms with Gasteiger partial charge >= 0.3 is 0 Å². The highest BCUT2D eigenvalue weighted by Crippen LogP contribution is 2.38. The highest BCUT2D eigenvalue weighted by molar-refractivity contribution is 9.10. The van der Waals surface area contributed by atoms with Crippen molar-refractivity contribution in [1.29, 1.82) is 0 Å². The number of thioether (sulfide) groups is 1. The normalized spacial score (nSPS) is 14.4. The number of rotatable bonds is 7. The molecule has 0 bridgehead atoms. The molecule has 3 amide bonds. The third kappa shape index (κ3) is 6.74. The topological polar surface area (TPSA) is 110 Å². The molecule has 37 heavy (non-hydrogen) atoms. The Bertz CT molecular complexity index is 1470. The Balaban J connectivity index is 1.49. The lowest BCUT2D eigenvalue weighted by Gasteiger charge is -2.12. The van der Waals surface area contributed by atoms with E-state index < -0.39 is 28.5 Å². The fourth-order valence-electron chi connectivity index (χ4n) is 3.19. The van der Waals surface area contributed by atoms with Crippen LogP contribution in [-0.2, 0) is 9.59 Å². The molecule has 1 fully saturated rings. The number of hydrogen-bond acceptors (Lipinski definition) is 7. The molecule has 1 aliphatic rings. The summed E-state index contributed by atoms with van der Waals surface area (Å²) in [6.45, 7) is -0.494. The average Bonchev–Trinajstić information content (AvgIpc) is 3.10. The number of imide groups is 1. The van der Waals surface area contributed by atoms with Gasteiger partial charge in [0.25, 0.3) is 16.8 Å². The molecular formula is C24H14BrCl2N3O5S2. The fourth-order valence-corrected chi connectivity index (χ4v) is 5.48. The van der Waals surface area contributed by atoms with E-state index in [1.165, 1.54) is 30.0 Å². The third-order valence-electron chi connectivity index (χ3n) is 4.90. The van der Waals surface area contributed by atoms with Crippen LogP contribution in [0.4, 0.5) is 16.2 Å². The number of nitrogens with one attached hydrogen (secondary N) is 1. The van der Waals surface area contributed by atoms with Crippen molar-refractivity contribution in [2.45, 2.75) is 9.79 Å². The monoisotopic (exact) mass is 637 g/mol. The van der Waals surface area contributed by atoms with Crippen LogP contribution < -0.4 is 5.32 Å². The van der Waals surface area contributed by atoms with Gasteiger partial charge in [-0.1, -0.05) is 41.0 Å². The molecule has 0 saturated carbocycles. The summed E-state index contributed by atoms with van der Waals surface area (Å²) in [6, 6.07) is 16.2. The molecule has 1 N–H and O–H groups in total. The van der Waals surface area contributed by atoms with Crippen LogP contribution in [0.15, 0.2) is 79.8 Å².